The quantitative estimate of drug-likeness (QED) is 0.444. The lowest BCUT2D eigenvalue weighted by atomic mass is 9.72. The summed E-state index contributed by atoms with van der Waals surface area (Å²) in [6, 6.07) is 0. The second-order valence-electron chi connectivity index (χ2n) is 6.25. The third kappa shape index (κ3) is 2.16. The molecule has 0 aromatic rings. The number of hydrogen-bond donors (Lipinski definition) is 0. The fraction of sp³-hybridized carbons (Fsp3) is 0.800. The van der Waals surface area contributed by atoms with E-state index >= 15 is 0 Å². The maximum Gasteiger partial charge on any atom is 0.169 e. The van der Waals surface area contributed by atoms with Crippen molar-refractivity contribution in [2.75, 3.05) is 0 Å². The Hall–Kier alpha value is -0.380. The van der Waals surface area contributed by atoms with E-state index in [-0.39, 0.29) is 16.9 Å². The topological polar surface area (TPSA) is 35.5 Å². The molecule has 3 rings (SSSR count). The van der Waals surface area contributed by atoms with Gasteiger partial charge in [0.05, 0.1) is 5.38 Å². The molecule has 1 heterocycles. The van der Waals surface area contributed by atoms with Gasteiger partial charge in [0.1, 0.15) is 12.2 Å². The van der Waals surface area contributed by atoms with Crippen molar-refractivity contribution in [2.45, 2.75) is 68.8 Å². The molecule has 19 heavy (non-hydrogen) atoms. The number of aldehydes is 1. The largest absolute Gasteiger partial charge is 0.343 e. The third-order valence-electron chi connectivity index (χ3n) is 4.93. The zero-order valence-corrected chi connectivity index (χ0v) is 12.1. The number of carbonyl (C=O) groups excluding carboxylic acids is 1. The number of allylic oxidation sites excluding steroid dienone is 2. The first-order valence-electron chi connectivity index (χ1n) is 7.21. The first-order valence-corrected chi connectivity index (χ1v) is 7.65. The standard InChI is InChI=1S/C15H21ClO3/c1-14(7-3-2-6-12(14)16)13-11(10-17)18-15(19-13)8-4-5-9-15/h2,6,10-13H,3-5,7-9H2,1H3/t11-,12?,13+,14?/m1/s1. The molecule has 3 aliphatic rings. The molecule has 2 fully saturated rings. The van der Waals surface area contributed by atoms with E-state index in [1.165, 1.54) is 0 Å². The van der Waals surface area contributed by atoms with Gasteiger partial charge in [-0.05, 0) is 25.7 Å². The monoisotopic (exact) mass is 284 g/mol. The van der Waals surface area contributed by atoms with E-state index in [1.807, 2.05) is 6.08 Å². The van der Waals surface area contributed by atoms with Crippen molar-refractivity contribution >= 4 is 17.9 Å². The van der Waals surface area contributed by atoms with Crippen LogP contribution < -0.4 is 0 Å². The summed E-state index contributed by atoms with van der Waals surface area (Å²) < 4.78 is 12.2. The minimum absolute atomic E-state index is 0.103. The van der Waals surface area contributed by atoms with Crippen LogP contribution in [0.2, 0.25) is 0 Å². The summed E-state index contributed by atoms with van der Waals surface area (Å²) in [4.78, 5) is 11.4. The summed E-state index contributed by atoms with van der Waals surface area (Å²) in [6.07, 6.45) is 10.3. The Morgan fingerprint density at radius 1 is 1.26 bits per heavy atom. The van der Waals surface area contributed by atoms with Crippen LogP contribution >= 0.6 is 11.6 Å². The number of hydrogen-bond acceptors (Lipinski definition) is 3. The van der Waals surface area contributed by atoms with Crippen LogP contribution in [-0.4, -0.2) is 29.7 Å². The molecule has 3 nitrogen and oxygen atoms in total. The molecule has 2 unspecified atom stereocenters. The van der Waals surface area contributed by atoms with E-state index in [1.54, 1.807) is 0 Å². The predicted octanol–water partition coefficient (Wildman–Crippen LogP) is 3.20. The Labute approximate surface area is 119 Å². The highest BCUT2D eigenvalue weighted by molar-refractivity contribution is 6.22. The maximum atomic E-state index is 11.4. The van der Waals surface area contributed by atoms with Crippen molar-refractivity contribution in [3.05, 3.63) is 12.2 Å². The molecule has 0 aromatic heterocycles. The number of halogens is 1. The molecule has 0 aromatic carbocycles. The van der Waals surface area contributed by atoms with Crippen LogP contribution in [0.25, 0.3) is 0 Å². The van der Waals surface area contributed by atoms with Crippen molar-refractivity contribution in [1.82, 2.24) is 0 Å². The van der Waals surface area contributed by atoms with Crippen molar-refractivity contribution in [2.24, 2.45) is 5.41 Å². The van der Waals surface area contributed by atoms with Gasteiger partial charge in [-0.25, -0.2) is 0 Å². The molecule has 2 aliphatic carbocycles. The Balaban J connectivity index is 1.86. The fourth-order valence-electron chi connectivity index (χ4n) is 3.66. The zero-order valence-electron chi connectivity index (χ0n) is 11.3. The van der Waals surface area contributed by atoms with E-state index < -0.39 is 11.9 Å². The maximum absolute atomic E-state index is 11.4. The van der Waals surface area contributed by atoms with Gasteiger partial charge in [0, 0.05) is 18.3 Å². The summed E-state index contributed by atoms with van der Waals surface area (Å²) in [5.41, 5.74) is -0.228. The summed E-state index contributed by atoms with van der Waals surface area (Å²) in [7, 11) is 0. The molecule has 1 aliphatic heterocycles. The van der Waals surface area contributed by atoms with Gasteiger partial charge in [-0.3, -0.25) is 0 Å². The highest BCUT2D eigenvalue weighted by Gasteiger charge is 2.56. The molecule has 4 atom stereocenters. The fourth-order valence-corrected chi connectivity index (χ4v) is 4.00. The van der Waals surface area contributed by atoms with Crippen LogP contribution in [0.5, 0.6) is 0 Å². The van der Waals surface area contributed by atoms with E-state index in [2.05, 4.69) is 13.0 Å². The zero-order chi connectivity index (χ0) is 13.5. The molecule has 106 valence electrons. The molecule has 1 spiro atoms. The van der Waals surface area contributed by atoms with E-state index in [0.717, 1.165) is 44.8 Å². The summed E-state index contributed by atoms with van der Waals surface area (Å²) in [6.45, 7) is 2.12. The van der Waals surface area contributed by atoms with Gasteiger partial charge >= 0.3 is 0 Å². The highest BCUT2D eigenvalue weighted by Crippen LogP contribution is 2.50. The van der Waals surface area contributed by atoms with Crippen molar-refractivity contribution in [3.8, 4) is 0 Å². The number of rotatable bonds is 2. The first kappa shape index (κ1) is 13.6. The lowest BCUT2D eigenvalue weighted by molar-refractivity contribution is -0.178. The molecule has 1 saturated carbocycles. The van der Waals surface area contributed by atoms with E-state index in [0.29, 0.717) is 0 Å². The normalized spacial score (nSPS) is 44.8. The molecule has 0 bridgehead atoms. The second-order valence-corrected chi connectivity index (χ2v) is 6.72. The van der Waals surface area contributed by atoms with Gasteiger partial charge in [-0.2, -0.15) is 0 Å². The average molecular weight is 285 g/mol. The second kappa shape index (κ2) is 4.87. The highest BCUT2D eigenvalue weighted by atomic mass is 35.5. The van der Waals surface area contributed by atoms with Crippen molar-refractivity contribution in [3.63, 3.8) is 0 Å². The minimum Gasteiger partial charge on any atom is -0.343 e. The smallest absolute Gasteiger partial charge is 0.169 e. The Kier molecular flexibility index (Phi) is 3.48. The van der Waals surface area contributed by atoms with Gasteiger partial charge < -0.3 is 14.3 Å². The van der Waals surface area contributed by atoms with Crippen LogP contribution in [-0.2, 0) is 14.3 Å². The molecule has 0 N–H and O–H groups in total. The molecule has 0 radical (unpaired) electrons. The van der Waals surface area contributed by atoms with Crippen LogP contribution in [0, 0.1) is 5.41 Å². The molecular weight excluding hydrogens is 264 g/mol. The third-order valence-corrected chi connectivity index (χ3v) is 5.57. The molecular formula is C15H21ClO3. The van der Waals surface area contributed by atoms with Crippen LogP contribution in [0.1, 0.15) is 45.4 Å². The average Bonchev–Trinajstić information content (AvgIpc) is 3.01. The van der Waals surface area contributed by atoms with Gasteiger partial charge in [0.25, 0.3) is 0 Å². The summed E-state index contributed by atoms with van der Waals surface area (Å²) >= 11 is 6.48. The van der Waals surface area contributed by atoms with Crippen LogP contribution in [0.4, 0.5) is 0 Å². The SMILES string of the molecule is CC1([C@H]2OC3(CCCC3)O[C@@H]2C=O)CCC=CC1Cl. The Morgan fingerprint density at radius 3 is 2.63 bits per heavy atom. The Bertz CT molecular complexity index is 389. The van der Waals surface area contributed by atoms with Gasteiger partial charge in [-0.15, -0.1) is 11.6 Å². The predicted molar refractivity (Wildman–Crippen MR) is 73.1 cm³/mol. The number of alkyl halides is 1. The van der Waals surface area contributed by atoms with Gasteiger partial charge in [0.15, 0.2) is 12.1 Å². The van der Waals surface area contributed by atoms with E-state index in [4.69, 9.17) is 21.1 Å². The lowest BCUT2D eigenvalue weighted by Gasteiger charge is -2.40. The Morgan fingerprint density at radius 2 is 2.00 bits per heavy atom. The number of carbonyl (C=O) groups is 1. The molecule has 4 heteroatoms. The van der Waals surface area contributed by atoms with Crippen molar-refractivity contribution < 1.29 is 14.3 Å². The van der Waals surface area contributed by atoms with E-state index in [9.17, 15) is 4.79 Å². The van der Waals surface area contributed by atoms with Gasteiger partial charge in [0.2, 0.25) is 0 Å². The van der Waals surface area contributed by atoms with Crippen molar-refractivity contribution in [1.29, 1.82) is 0 Å². The van der Waals surface area contributed by atoms with Crippen LogP contribution in [0.15, 0.2) is 12.2 Å². The van der Waals surface area contributed by atoms with Crippen LogP contribution in [0.3, 0.4) is 0 Å². The van der Waals surface area contributed by atoms with Gasteiger partial charge in [-0.1, -0.05) is 19.1 Å². The molecule has 0 amide bonds. The molecule has 1 saturated heterocycles. The summed E-state index contributed by atoms with van der Waals surface area (Å²) in [5.74, 6) is -0.517. The first-order chi connectivity index (χ1) is 9.10. The minimum atomic E-state index is -0.517. The number of ether oxygens (including phenoxy) is 2. The lowest BCUT2D eigenvalue weighted by Crippen LogP contribution is -2.47. The summed E-state index contributed by atoms with van der Waals surface area (Å²) in [5, 5.41) is -0.103.